The average Bonchev–Trinajstić information content (AvgIpc) is 3.45. The predicted molar refractivity (Wildman–Crippen MR) is 105 cm³/mol. The van der Waals surface area contributed by atoms with Gasteiger partial charge in [0.25, 0.3) is 11.8 Å². The fourth-order valence-electron chi connectivity index (χ4n) is 2.68. The standard InChI is InChI=1S/C20H14N4O6/c25-18(12-29-16-9-4-3-8-15(16)24(26)27)21-14-7-2-1-6-13(14)20-22-19(23-30-20)17-10-5-11-28-17/h1-11H,12H2,(H,21,25). The van der Waals surface area contributed by atoms with E-state index in [1.807, 2.05) is 0 Å². The topological polar surface area (TPSA) is 134 Å². The van der Waals surface area contributed by atoms with Crippen molar-refractivity contribution in [2.75, 3.05) is 11.9 Å². The van der Waals surface area contributed by atoms with E-state index in [1.165, 1.54) is 24.5 Å². The van der Waals surface area contributed by atoms with Crippen molar-refractivity contribution in [1.82, 2.24) is 10.1 Å². The van der Waals surface area contributed by atoms with Gasteiger partial charge in [-0.25, -0.2) is 0 Å². The van der Waals surface area contributed by atoms with E-state index in [0.29, 0.717) is 17.0 Å². The van der Waals surface area contributed by atoms with E-state index in [4.69, 9.17) is 13.7 Å². The summed E-state index contributed by atoms with van der Waals surface area (Å²) in [5.41, 5.74) is 0.701. The number of benzene rings is 2. The summed E-state index contributed by atoms with van der Waals surface area (Å²) in [5.74, 6) is 0.412. The van der Waals surface area contributed by atoms with Crippen molar-refractivity contribution in [2.45, 2.75) is 0 Å². The number of amides is 1. The van der Waals surface area contributed by atoms with Gasteiger partial charge in [0.15, 0.2) is 18.1 Å². The van der Waals surface area contributed by atoms with Crippen LogP contribution in [0, 0.1) is 10.1 Å². The Labute approximate surface area is 169 Å². The molecule has 0 radical (unpaired) electrons. The molecule has 1 amide bonds. The number of para-hydroxylation sites is 3. The maximum atomic E-state index is 12.4. The van der Waals surface area contributed by atoms with Crippen molar-refractivity contribution < 1.29 is 23.4 Å². The number of nitro groups is 1. The number of nitro benzene ring substituents is 1. The highest BCUT2D eigenvalue weighted by molar-refractivity contribution is 5.95. The molecule has 0 fully saturated rings. The second kappa shape index (κ2) is 8.27. The molecule has 0 saturated carbocycles. The summed E-state index contributed by atoms with van der Waals surface area (Å²) in [5, 5.41) is 17.6. The number of hydrogen-bond acceptors (Lipinski definition) is 8. The number of nitrogens with zero attached hydrogens (tertiary/aromatic N) is 3. The van der Waals surface area contributed by atoms with Crippen LogP contribution in [-0.2, 0) is 4.79 Å². The molecule has 10 heteroatoms. The van der Waals surface area contributed by atoms with E-state index < -0.39 is 17.4 Å². The van der Waals surface area contributed by atoms with Gasteiger partial charge in [-0.15, -0.1) is 0 Å². The molecule has 2 aromatic carbocycles. The summed E-state index contributed by atoms with van der Waals surface area (Å²) in [6.07, 6.45) is 1.50. The normalized spacial score (nSPS) is 10.5. The zero-order chi connectivity index (χ0) is 20.9. The van der Waals surface area contributed by atoms with Gasteiger partial charge >= 0.3 is 5.69 Å². The lowest BCUT2D eigenvalue weighted by Crippen LogP contribution is -2.20. The molecule has 2 heterocycles. The lowest BCUT2D eigenvalue weighted by atomic mass is 10.1. The Morgan fingerprint density at radius 1 is 1.10 bits per heavy atom. The van der Waals surface area contributed by atoms with Crippen LogP contribution in [0.4, 0.5) is 11.4 Å². The quantitative estimate of drug-likeness (QED) is 0.360. The Morgan fingerprint density at radius 2 is 1.90 bits per heavy atom. The minimum atomic E-state index is -0.575. The third-order valence-corrected chi connectivity index (χ3v) is 4.02. The van der Waals surface area contributed by atoms with E-state index in [1.54, 1.807) is 42.5 Å². The minimum absolute atomic E-state index is 0.00549. The highest BCUT2D eigenvalue weighted by Crippen LogP contribution is 2.29. The number of ether oxygens (including phenoxy) is 1. The minimum Gasteiger partial charge on any atom is -0.477 e. The summed E-state index contributed by atoms with van der Waals surface area (Å²) in [6.45, 7) is -0.416. The molecule has 0 saturated heterocycles. The Morgan fingerprint density at radius 3 is 2.70 bits per heavy atom. The molecule has 0 aliphatic carbocycles. The van der Waals surface area contributed by atoms with Crippen LogP contribution in [0.15, 0.2) is 75.9 Å². The summed E-state index contributed by atoms with van der Waals surface area (Å²) < 4.78 is 15.8. The SMILES string of the molecule is O=C(COc1ccccc1[N+](=O)[O-])Nc1ccccc1-c1nc(-c2ccco2)no1. The van der Waals surface area contributed by atoms with Crippen LogP contribution in [-0.4, -0.2) is 27.6 Å². The number of nitrogens with one attached hydrogen (secondary N) is 1. The molecule has 4 rings (SSSR count). The van der Waals surface area contributed by atoms with Gasteiger partial charge in [0.05, 0.1) is 22.4 Å². The molecule has 10 nitrogen and oxygen atoms in total. The van der Waals surface area contributed by atoms with Crippen molar-refractivity contribution >= 4 is 17.3 Å². The maximum Gasteiger partial charge on any atom is 0.310 e. The lowest BCUT2D eigenvalue weighted by Gasteiger charge is -2.09. The molecule has 0 aliphatic heterocycles. The first-order valence-corrected chi connectivity index (χ1v) is 8.75. The van der Waals surface area contributed by atoms with Gasteiger partial charge in [-0.05, 0) is 30.3 Å². The monoisotopic (exact) mass is 406 g/mol. The van der Waals surface area contributed by atoms with Crippen LogP contribution < -0.4 is 10.1 Å². The molecule has 4 aromatic rings. The van der Waals surface area contributed by atoms with Crippen molar-refractivity contribution in [2.24, 2.45) is 0 Å². The fraction of sp³-hybridized carbons (Fsp3) is 0.0500. The maximum absolute atomic E-state index is 12.4. The number of aromatic nitrogens is 2. The molecule has 0 unspecified atom stereocenters. The molecular weight excluding hydrogens is 392 g/mol. The fourth-order valence-corrected chi connectivity index (χ4v) is 2.68. The highest BCUT2D eigenvalue weighted by atomic mass is 16.6. The van der Waals surface area contributed by atoms with Gasteiger partial charge in [0, 0.05) is 6.07 Å². The largest absolute Gasteiger partial charge is 0.477 e. The second-order valence-corrected chi connectivity index (χ2v) is 6.01. The summed E-state index contributed by atoms with van der Waals surface area (Å²) >= 11 is 0. The molecule has 0 spiro atoms. The predicted octanol–water partition coefficient (Wildman–Crippen LogP) is 3.92. The van der Waals surface area contributed by atoms with Gasteiger partial charge in [-0.3, -0.25) is 14.9 Å². The van der Waals surface area contributed by atoms with Crippen LogP contribution >= 0.6 is 0 Å². The van der Waals surface area contributed by atoms with E-state index in [0.717, 1.165) is 0 Å². The number of anilines is 1. The van der Waals surface area contributed by atoms with E-state index in [9.17, 15) is 14.9 Å². The Balaban J connectivity index is 1.48. The van der Waals surface area contributed by atoms with E-state index in [-0.39, 0.29) is 23.2 Å². The first kappa shape index (κ1) is 18.9. The summed E-state index contributed by atoms with van der Waals surface area (Å²) in [7, 11) is 0. The van der Waals surface area contributed by atoms with Crippen LogP contribution in [0.1, 0.15) is 0 Å². The third kappa shape index (κ3) is 4.02. The van der Waals surface area contributed by atoms with E-state index in [2.05, 4.69) is 15.5 Å². The molecule has 0 atom stereocenters. The zero-order valence-corrected chi connectivity index (χ0v) is 15.3. The van der Waals surface area contributed by atoms with Crippen LogP contribution in [0.25, 0.3) is 23.0 Å². The van der Waals surface area contributed by atoms with Gasteiger partial charge in [-0.2, -0.15) is 4.98 Å². The van der Waals surface area contributed by atoms with Crippen molar-refractivity contribution in [3.05, 3.63) is 77.0 Å². The van der Waals surface area contributed by atoms with Crippen molar-refractivity contribution in [3.63, 3.8) is 0 Å². The van der Waals surface area contributed by atoms with Gasteiger partial charge in [0.1, 0.15) is 0 Å². The molecule has 2 aromatic heterocycles. The molecule has 30 heavy (non-hydrogen) atoms. The van der Waals surface area contributed by atoms with Crippen molar-refractivity contribution in [3.8, 4) is 28.8 Å². The highest BCUT2D eigenvalue weighted by Gasteiger charge is 2.18. The molecular formula is C20H14N4O6. The molecule has 150 valence electrons. The Kier molecular flexibility index (Phi) is 5.20. The molecule has 1 N–H and O–H groups in total. The number of rotatable bonds is 7. The number of carbonyl (C=O) groups is 1. The lowest BCUT2D eigenvalue weighted by molar-refractivity contribution is -0.385. The average molecular weight is 406 g/mol. The van der Waals surface area contributed by atoms with Crippen LogP contribution in [0.5, 0.6) is 5.75 Å². The second-order valence-electron chi connectivity index (χ2n) is 6.01. The first-order chi connectivity index (χ1) is 14.6. The third-order valence-electron chi connectivity index (χ3n) is 4.02. The first-order valence-electron chi connectivity index (χ1n) is 8.75. The number of furan rings is 1. The molecule has 0 bridgehead atoms. The van der Waals surface area contributed by atoms with Crippen LogP contribution in [0.3, 0.4) is 0 Å². The van der Waals surface area contributed by atoms with E-state index >= 15 is 0 Å². The molecule has 0 aliphatic rings. The Hall–Kier alpha value is -4.47. The number of hydrogen-bond donors (Lipinski definition) is 1. The van der Waals surface area contributed by atoms with Gasteiger partial charge < -0.3 is 19.0 Å². The van der Waals surface area contributed by atoms with Gasteiger partial charge in [-0.1, -0.05) is 29.4 Å². The zero-order valence-electron chi connectivity index (χ0n) is 15.3. The number of carbonyl (C=O) groups excluding carboxylic acids is 1. The Bertz CT molecular complexity index is 1190. The van der Waals surface area contributed by atoms with Gasteiger partial charge in [0.2, 0.25) is 5.82 Å². The van der Waals surface area contributed by atoms with Crippen LogP contribution in [0.2, 0.25) is 0 Å². The summed E-state index contributed by atoms with van der Waals surface area (Å²) in [6, 6.07) is 16.1. The van der Waals surface area contributed by atoms with Crippen molar-refractivity contribution in [1.29, 1.82) is 0 Å². The smallest absolute Gasteiger partial charge is 0.310 e. The summed E-state index contributed by atoms with van der Waals surface area (Å²) in [4.78, 5) is 27.1.